The van der Waals surface area contributed by atoms with Crippen LogP contribution in [0.3, 0.4) is 0 Å². The number of nitro benzene ring substituents is 1. The van der Waals surface area contributed by atoms with Crippen LogP contribution < -0.4 is 14.2 Å². The highest BCUT2D eigenvalue weighted by atomic mass is 16.6. The fraction of sp³-hybridized carbons (Fsp3) is 0.125. The summed E-state index contributed by atoms with van der Waals surface area (Å²) in [6, 6.07) is 18.7. The van der Waals surface area contributed by atoms with Crippen LogP contribution in [0.15, 0.2) is 72.8 Å². The first-order valence-electron chi connectivity index (χ1n) is 9.41. The molecule has 0 aliphatic carbocycles. The van der Waals surface area contributed by atoms with Gasteiger partial charge in [0.15, 0.2) is 17.3 Å². The Bertz CT molecular complexity index is 1080. The van der Waals surface area contributed by atoms with E-state index in [0.29, 0.717) is 29.4 Å². The third-order valence-corrected chi connectivity index (χ3v) is 4.48. The van der Waals surface area contributed by atoms with Crippen molar-refractivity contribution >= 4 is 17.5 Å². The Hall–Kier alpha value is -4.13. The number of hydrogen-bond donors (Lipinski definition) is 0. The van der Waals surface area contributed by atoms with Gasteiger partial charge in [0.2, 0.25) is 5.75 Å². The molecule has 0 bridgehead atoms. The first kappa shape index (κ1) is 21.6. The van der Waals surface area contributed by atoms with Crippen LogP contribution in [0.2, 0.25) is 0 Å². The second-order valence-corrected chi connectivity index (χ2v) is 6.53. The topological polar surface area (TPSA) is 87.9 Å². The summed E-state index contributed by atoms with van der Waals surface area (Å²) in [5, 5.41) is 10.9. The molecular formula is C24H21NO6. The van der Waals surface area contributed by atoms with Crippen LogP contribution in [0.1, 0.15) is 21.5 Å². The lowest BCUT2D eigenvalue weighted by atomic mass is 10.1. The third kappa shape index (κ3) is 5.48. The van der Waals surface area contributed by atoms with E-state index in [0.717, 1.165) is 5.56 Å². The van der Waals surface area contributed by atoms with Crippen LogP contribution in [0.4, 0.5) is 5.69 Å². The van der Waals surface area contributed by atoms with E-state index in [1.54, 1.807) is 18.2 Å². The monoisotopic (exact) mass is 419 g/mol. The van der Waals surface area contributed by atoms with Crippen molar-refractivity contribution in [1.29, 1.82) is 0 Å². The molecule has 0 fully saturated rings. The molecule has 3 aromatic rings. The van der Waals surface area contributed by atoms with Gasteiger partial charge in [-0.1, -0.05) is 48.5 Å². The van der Waals surface area contributed by atoms with Gasteiger partial charge in [0.05, 0.1) is 19.1 Å². The predicted octanol–water partition coefficient (Wildman–Crippen LogP) is 5.09. The average Bonchev–Trinajstić information content (AvgIpc) is 2.81. The molecule has 3 aromatic carbocycles. The second kappa shape index (κ2) is 10.1. The van der Waals surface area contributed by atoms with Crippen molar-refractivity contribution in [3.63, 3.8) is 0 Å². The molecule has 0 N–H and O–H groups in total. The summed E-state index contributed by atoms with van der Waals surface area (Å²) >= 11 is 0. The number of ketones is 1. The summed E-state index contributed by atoms with van der Waals surface area (Å²) in [6.07, 6.45) is 2.94. The van der Waals surface area contributed by atoms with E-state index in [2.05, 4.69) is 0 Å². The minimum Gasteiger partial charge on any atom is -0.493 e. The van der Waals surface area contributed by atoms with E-state index in [4.69, 9.17) is 14.2 Å². The molecular weight excluding hydrogens is 398 g/mol. The van der Waals surface area contributed by atoms with Gasteiger partial charge in [-0.15, -0.1) is 0 Å². The van der Waals surface area contributed by atoms with Crippen LogP contribution in [0.25, 0.3) is 6.08 Å². The van der Waals surface area contributed by atoms with Crippen molar-refractivity contribution < 1.29 is 23.9 Å². The summed E-state index contributed by atoms with van der Waals surface area (Å²) in [6.45, 7) is 0.341. The van der Waals surface area contributed by atoms with Crippen LogP contribution in [-0.4, -0.2) is 24.9 Å². The summed E-state index contributed by atoms with van der Waals surface area (Å²) in [7, 11) is 3.04. The Labute approximate surface area is 179 Å². The zero-order valence-corrected chi connectivity index (χ0v) is 17.1. The zero-order valence-electron chi connectivity index (χ0n) is 17.1. The van der Waals surface area contributed by atoms with Crippen LogP contribution in [0, 0.1) is 10.1 Å². The first-order valence-corrected chi connectivity index (χ1v) is 9.41. The van der Waals surface area contributed by atoms with Gasteiger partial charge in [0, 0.05) is 17.7 Å². The van der Waals surface area contributed by atoms with Crippen LogP contribution in [-0.2, 0) is 6.61 Å². The minimum atomic E-state index is -0.537. The molecule has 0 spiro atoms. The Morgan fingerprint density at radius 3 is 2.26 bits per heavy atom. The number of methoxy groups -OCH3 is 2. The molecule has 0 heterocycles. The summed E-state index contributed by atoms with van der Waals surface area (Å²) in [4.78, 5) is 22.8. The lowest BCUT2D eigenvalue weighted by Crippen LogP contribution is -2.01. The molecule has 0 atom stereocenters. The standard InChI is InChI=1S/C24H21NO6/c1-29-22-13-18(11-12-21(26)19-9-6-10-20(15-19)25(27)28)14-23(30-2)24(22)31-16-17-7-4-3-5-8-17/h3-15H,16H2,1-2H3/b12-11+. The molecule has 158 valence electrons. The van der Waals surface area contributed by atoms with Gasteiger partial charge in [-0.3, -0.25) is 14.9 Å². The average molecular weight is 419 g/mol. The smallest absolute Gasteiger partial charge is 0.270 e. The molecule has 0 aromatic heterocycles. The maximum Gasteiger partial charge on any atom is 0.270 e. The molecule has 7 heteroatoms. The third-order valence-electron chi connectivity index (χ3n) is 4.48. The van der Waals surface area contributed by atoms with Crippen LogP contribution >= 0.6 is 0 Å². The Morgan fingerprint density at radius 1 is 0.968 bits per heavy atom. The molecule has 0 saturated heterocycles. The van der Waals surface area contributed by atoms with Gasteiger partial charge < -0.3 is 14.2 Å². The number of nitro groups is 1. The number of allylic oxidation sites excluding steroid dienone is 1. The molecule has 0 aliphatic rings. The van der Waals surface area contributed by atoms with Gasteiger partial charge in [-0.25, -0.2) is 0 Å². The number of non-ortho nitro benzene ring substituents is 1. The molecule has 3 rings (SSSR count). The van der Waals surface area contributed by atoms with Crippen molar-refractivity contribution in [2.75, 3.05) is 14.2 Å². The molecule has 0 unspecified atom stereocenters. The Balaban J connectivity index is 1.82. The molecule has 0 saturated carbocycles. The SMILES string of the molecule is COc1cc(/C=C/C(=O)c2cccc([N+](=O)[O-])c2)cc(OC)c1OCc1ccccc1. The van der Waals surface area contributed by atoms with Gasteiger partial charge in [0.1, 0.15) is 6.61 Å². The van der Waals surface area contributed by atoms with Crippen molar-refractivity contribution in [2.45, 2.75) is 6.61 Å². The van der Waals surface area contributed by atoms with Crippen molar-refractivity contribution in [1.82, 2.24) is 0 Å². The lowest BCUT2D eigenvalue weighted by Gasteiger charge is -2.15. The van der Waals surface area contributed by atoms with E-state index in [9.17, 15) is 14.9 Å². The number of rotatable bonds is 9. The predicted molar refractivity (Wildman–Crippen MR) is 117 cm³/mol. The first-order chi connectivity index (χ1) is 15.0. The second-order valence-electron chi connectivity index (χ2n) is 6.53. The highest BCUT2D eigenvalue weighted by Crippen LogP contribution is 2.39. The van der Waals surface area contributed by atoms with E-state index in [1.807, 2.05) is 30.3 Å². The van der Waals surface area contributed by atoms with E-state index >= 15 is 0 Å². The molecule has 0 amide bonds. The Kier molecular flexibility index (Phi) is 7.01. The van der Waals surface area contributed by atoms with E-state index in [-0.39, 0.29) is 17.0 Å². The molecule has 7 nitrogen and oxygen atoms in total. The van der Waals surface area contributed by atoms with Gasteiger partial charge >= 0.3 is 0 Å². The van der Waals surface area contributed by atoms with Gasteiger partial charge in [0.25, 0.3) is 5.69 Å². The number of ether oxygens (including phenoxy) is 3. The largest absolute Gasteiger partial charge is 0.493 e. The van der Waals surface area contributed by atoms with Crippen molar-refractivity contribution in [2.24, 2.45) is 0 Å². The number of carbonyl (C=O) groups is 1. The normalized spacial score (nSPS) is 10.6. The molecule has 31 heavy (non-hydrogen) atoms. The fourth-order valence-corrected chi connectivity index (χ4v) is 2.91. The summed E-state index contributed by atoms with van der Waals surface area (Å²) in [5.41, 5.74) is 1.74. The number of hydrogen-bond acceptors (Lipinski definition) is 6. The maximum atomic E-state index is 12.4. The maximum absolute atomic E-state index is 12.4. The van der Waals surface area contributed by atoms with Crippen molar-refractivity contribution in [3.8, 4) is 17.2 Å². The summed E-state index contributed by atoms with van der Waals surface area (Å²) < 4.78 is 16.8. The fourth-order valence-electron chi connectivity index (χ4n) is 2.91. The number of nitrogens with zero attached hydrogens (tertiary/aromatic N) is 1. The zero-order chi connectivity index (χ0) is 22.2. The molecule has 0 radical (unpaired) electrons. The highest BCUT2D eigenvalue weighted by Gasteiger charge is 2.14. The minimum absolute atomic E-state index is 0.137. The van der Waals surface area contributed by atoms with Gasteiger partial charge in [-0.05, 0) is 29.3 Å². The highest BCUT2D eigenvalue weighted by molar-refractivity contribution is 6.07. The molecule has 0 aliphatic heterocycles. The van der Waals surface area contributed by atoms with Crippen LogP contribution in [0.5, 0.6) is 17.2 Å². The lowest BCUT2D eigenvalue weighted by molar-refractivity contribution is -0.384. The number of carbonyl (C=O) groups excluding carboxylic acids is 1. The van der Waals surface area contributed by atoms with E-state index in [1.165, 1.54) is 44.6 Å². The van der Waals surface area contributed by atoms with Crippen molar-refractivity contribution in [3.05, 3.63) is 99.6 Å². The number of benzene rings is 3. The van der Waals surface area contributed by atoms with E-state index < -0.39 is 4.92 Å². The summed E-state index contributed by atoms with van der Waals surface area (Å²) in [5.74, 6) is 1.01. The quantitative estimate of drug-likeness (QED) is 0.208. The van der Waals surface area contributed by atoms with Gasteiger partial charge in [-0.2, -0.15) is 0 Å². The Morgan fingerprint density at radius 2 is 1.65 bits per heavy atom.